The Balaban J connectivity index is 4.09. The topological polar surface area (TPSA) is 37.3 Å². The van der Waals surface area contributed by atoms with Crippen molar-refractivity contribution in [1.29, 1.82) is 0 Å². The molecular formula is C11H20O2. The highest BCUT2D eigenvalue weighted by molar-refractivity contribution is 5.85. The summed E-state index contributed by atoms with van der Waals surface area (Å²) < 4.78 is 0. The molecule has 0 aromatic rings. The fourth-order valence-electron chi connectivity index (χ4n) is 1.30. The molecule has 0 bridgehead atoms. The van der Waals surface area contributed by atoms with Gasteiger partial charge in [0.15, 0.2) is 0 Å². The second-order valence-electron chi connectivity index (χ2n) is 3.47. The van der Waals surface area contributed by atoms with E-state index in [1.807, 2.05) is 6.08 Å². The molecule has 0 aromatic carbocycles. The van der Waals surface area contributed by atoms with Gasteiger partial charge in [0.2, 0.25) is 0 Å². The average Bonchev–Trinajstić information content (AvgIpc) is 2.11. The van der Waals surface area contributed by atoms with Crippen molar-refractivity contribution in [3.8, 4) is 0 Å². The first-order chi connectivity index (χ1) is 6.11. The third-order valence-corrected chi connectivity index (χ3v) is 2.28. The van der Waals surface area contributed by atoms with Crippen LogP contribution in [0.3, 0.4) is 0 Å². The zero-order valence-corrected chi connectivity index (χ0v) is 8.84. The van der Waals surface area contributed by atoms with Gasteiger partial charge < -0.3 is 5.11 Å². The van der Waals surface area contributed by atoms with E-state index in [4.69, 9.17) is 5.11 Å². The largest absolute Gasteiger partial charge is 0.478 e. The van der Waals surface area contributed by atoms with Gasteiger partial charge in [-0.2, -0.15) is 0 Å². The number of carboxylic acid groups (broad SMARTS) is 1. The van der Waals surface area contributed by atoms with E-state index in [1.54, 1.807) is 6.92 Å². The van der Waals surface area contributed by atoms with Crippen LogP contribution >= 0.6 is 0 Å². The molecule has 0 saturated carbocycles. The number of hydrogen-bond donors (Lipinski definition) is 1. The molecule has 76 valence electrons. The second kappa shape index (κ2) is 6.70. The number of hydrogen-bond acceptors (Lipinski definition) is 1. The zero-order chi connectivity index (χ0) is 10.3. The minimum absolute atomic E-state index is 0.441. The van der Waals surface area contributed by atoms with Crippen molar-refractivity contribution in [2.75, 3.05) is 0 Å². The quantitative estimate of drug-likeness (QED) is 0.643. The summed E-state index contributed by atoms with van der Waals surface area (Å²) in [5.41, 5.74) is 0.475. The van der Waals surface area contributed by atoms with Crippen molar-refractivity contribution in [1.82, 2.24) is 0 Å². The maximum atomic E-state index is 10.6. The monoisotopic (exact) mass is 184 g/mol. The molecule has 0 saturated heterocycles. The summed E-state index contributed by atoms with van der Waals surface area (Å²) in [6.45, 7) is 5.92. The average molecular weight is 184 g/mol. The van der Waals surface area contributed by atoms with E-state index < -0.39 is 5.97 Å². The number of aliphatic carboxylic acids is 1. The molecule has 2 nitrogen and oxygen atoms in total. The maximum absolute atomic E-state index is 10.6. The molecular weight excluding hydrogens is 164 g/mol. The fraction of sp³-hybridized carbons (Fsp3) is 0.727. The summed E-state index contributed by atoms with van der Waals surface area (Å²) in [5.74, 6) is -0.356. The second-order valence-corrected chi connectivity index (χ2v) is 3.47. The Kier molecular flexibility index (Phi) is 6.29. The van der Waals surface area contributed by atoms with Crippen molar-refractivity contribution in [2.24, 2.45) is 5.92 Å². The van der Waals surface area contributed by atoms with Gasteiger partial charge in [-0.15, -0.1) is 0 Å². The van der Waals surface area contributed by atoms with Crippen LogP contribution in [0.4, 0.5) is 0 Å². The molecule has 0 radical (unpaired) electrons. The van der Waals surface area contributed by atoms with Crippen molar-refractivity contribution >= 4 is 5.97 Å². The van der Waals surface area contributed by atoms with Crippen LogP contribution in [0, 0.1) is 5.92 Å². The van der Waals surface area contributed by atoms with E-state index in [0.29, 0.717) is 11.5 Å². The molecule has 1 unspecified atom stereocenters. The summed E-state index contributed by atoms with van der Waals surface area (Å²) in [7, 11) is 0. The molecule has 13 heavy (non-hydrogen) atoms. The third-order valence-electron chi connectivity index (χ3n) is 2.28. The molecule has 0 aromatic heterocycles. The lowest BCUT2D eigenvalue weighted by molar-refractivity contribution is -0.132. The minimum Gasteiger partial charge on any atom is -0.478 e. The molecule has 1 atom stereocenters. The summed E-state index contributed by atoms with van der Waals surface area (Å²) >= 11 is 0. The van der Waals surface area contributed by atoms with Crippen LogP contribution in [-0.4, -0.2) is 11.1 Å². The van der Waals surface area contributed by atoms with Gasteiger partial charge in [-0.3, -0.25) is 0 Å². The Morgan fingerprint density at radius 2 is 2.08 bits per heavy atom. The molecule has 0 aliphatic carbocycles. The molecule has 0 heterocycles. The predicted molar refractivity (Wildman–Crippen MR) is 54.7 cm³/mol. The van der Waals surface area contributed by atoms with Crippen molar-refractivity contribution < 1.29 is 9.90 Å². The number of rotatable bonds is 6. The van der Waals surface area contributed by atoms with E-state index in [9.17, 15) is 4.79 Å². The van der Waals surface area contributed by atoms with Crippen LogP contribution in [0.25, 0.3) is 0 Å². The molecule has 0 aliphatic heterocycles. The van der Waals surface area contributed by atoms with Gasteiger partial charge >= 0.3 is 5.97 Å². The summed E-state index contributed by atoms with van der Waals surface area (Å²) in [5, 5.41) is 8.68. The Bertz CT molecular complexity index is 183. The van der Waals surface area contributed by atoms with Crippen molar-refractivity contribution in [2.45, 2.75) is 46.5 Å². The highest BCUT2D eigenvalue weighted by atomic mass is 16.4. The van der Waals surface area contributed by atoms with Crippen LogP contribution < -0.4 is 0 Å². The van der Waals surface area contributed by atoms with Gasteiger partial charge in [-0.25, -0.2) is 4.79 Å². The zero-order valence-electron chi connectivity index (χ0n) is 8.84. The van der Waals surface area contributed by atoms with Gasteiger partial charge in [0.25, 0.3) is 0 Å². The predicted octanol–water partition coefficient (Wildman–Crippen LogP) is 3.23. The molecule has 0 rings (SSSR count). The van der Waals surface area contributed by atoms with Crippen LogP contribution in [0.2, 0.25) is 0 Å². The summed E-state index contributed by atoms with van der Waals surface area (Å²) in [4.78, 5) is 10.6. The summed E-state index contributed by atoms with van der Waals surface area (Å²) in [6, 6.07) is 0. The Morgan fingerprint density at radius 1 is 1.46 bits per heavy atom. The minimum atomic E-state index is -0.796. The number of allylic oxidation sites excluding steroid dienone is 1. The molecule has 0 fully saturated rings. The Morgan fingerprint density at radius 3 is 2.46 bits per heavy atom. The van der Waals surface area contributed by atoms with E-state index in [1.165, 1.54) is 12.8 Å². The molecule has 1 N–H and O–H groups in total. The lowest BCUT2D eigenvalue weighted by Crippen LogP contribution is -2.01. The fourth-order valence-corrected chi connectivity index (χ4v) is 1.30. The Labute approximate surface area is 80.7 Å². The van der Waals surface area contributed by atoms with E-state index in [2.05, 4.69) is 13.8 Å². The Hall–Kier alpha value is -0.790. The van der Waals surface area contributed by atoms with Crippen LogP contribution in [0.1, 0.15) is 46.5 Å². The lowest BCUT2D eigenvalue weighted by atomic mass is 9.97. The smallest absolute Gasteiger partial charge is 0.330 e. The molecule has 0 amide bonds. The lowest BCUT2D eigenvalue weighted by Gasteiger charge is -2.09. The summed E-state index contributed by atoms with van der Waals surface area (Å²) in [6.07, 6.45) is 6.39. The molecule has 2 heteroatoms. The molecule has 0 aliphatic rings. The van der Waals surface area contributed by atoms with Crippen molar-refractivity contribution in [3.05, 3.63) is 11.6 Å². The van der Waals surface area contributed by atoms with Crippen LogP contribution in [0.15, 0.2) is 11.6 Å². The van der Waals surface area contributed by atoms with E-state index in [0.717, 1.165) is 12.8 Å². The van der Waals surface area contributed by atoms with Gasteiger partial charge in [0.1, 0.15) is 0 Å². The first kappa shape index (κ1) is 12.2. The van der Waals surface area contributed by atoms with Crippen molar-refractivity contribution in [3.63, 3.8) is 0 Å². The standard InChI is InChI=1S/C11H20O2/c1-4-6-7-10(5-2)8-9(3)11(12)13/h8,10H,4-7H2,1-3H3,(H,12,13)/b9-8+. The number of carboxylic acids is 1. The number of unbranched alkanes of at least 4 members (excludes halogenated alkanes) is 1. The van der Waals surface area contributed by atoms with Gasteiger partial charge in [-0.05, 0) is 25.7 Å². The SMILES string of the molecule is CCCCC(/C=C(\C)C(=O)O)CC. The van der Waals surface area contributed by atoms with Gasteiger partial charge in [0, 0.05) is 5.57 Å². The van der Waals surface area contributed by atoms with Crippen LogP contribution in [-0.2, 0) is 4.79 Å². The molecule has 0 spiro atoms. The highest BCUT2D eigenvalue weighted by Crippen LogP contribution is 2.15. The first-order valence-electron chi connectivity index (χ1n) is 5.03. The first-order valence-corrected chi connectivity index (χ1v) is 5.03. The van der Waals surface area contributed by atoms with E-state index in [-0.39, 0.29) is 0 Å². The van der Waals surface area contributed by atoms with Crippen LogP contribution in [0.5, 0.6) is 0 Å². The maximum Gasteiger partial charge on any atom is 0.330 e. The van der Waals surface area contributed by atoms with Gasteiger partial charge in [0.05, 0.1) is 0 Å². The normalized spacial score (nSPS) is 14.2. The van der Waals surface area contributed by atoms with Gasteiger partial charge in [-0.1, -0.05) is 32.8 Å². The third kappa shape index (κ3) is 5.45. The van der Waals surface area contributed by atoms with E-state index >= 15 is 0 Å². The number of carbonyl (C=O) groups is 1. The highest BCUT2D eigenvalue weighted by Gasteiger charge is 2.06.